The van der Waals surface area contributed by atoms with E-state index in [2.05, 4.69) is 26.0 Å². The molecule has 1 heterocycles. The summed E-state index contributed by atoms with van der Waals surface area (Å²) >= 11 is 4.77. The normalized spacial score (nSPS) is 11.8. The highest BCUT2D eigenvalue weighted by molar-refractivity contribution is 9.10. The molecule has 0 saturated heterocycles. The zero-order valence-corrected chi connectivity index (χ0v) is 15.0. The van der Waals surface area contributed by atoms with Gasteiger partial charge in [0.25, 0.3) is 10.0 Å². The van der Waals surface area contributed by atoms with Crippen molar-refractivity contribution in [2.45, 2.75) is 31.3 Å². The first kappa shape index (κ1) is 16.5. The van der Waals surface area contributed by atoms with Crippen LogP contribution in [0.15, 0.2) is 45.1 Å². The number of benzene rings is 1. The van der Waals surface area contributed by atoms with Gasteiger partial charge in [0.2, 0.25) is 0 Å². The Kier molecular flexibility index (Phi) is 5.43. The third-order valence-corrected chi connectivity index (χ3v) is 5.75. The lowest BCUT2D eigenvalue weighted by Crippen LogP contribution is -2.23. The zero-order chi connectivity index (χ0) is 15.5. The first-order valence-electron chi connectivity index (χ1n) is 6.46. The van der Waals surface area contributed by atoms with Gasteiger partial charge in [0.05, 0.1) is 0 Å². The Morgan fingerprint density at radius 1 is 1.29 bits per heavy atom. The van der Waals surface area contributed by atoms with Crippen LogP contribution >= 0.6 is 27.3 Å². The van der Waals surface area contributed by atoms with Crippen LogP contribution < -0.4 is 10.0 Å². The van der Waals surface area contributed by atoms with E-state index in [1.807, 2.05) is 19.9 Å². The second-order valence-corrected chi connectivity index (χ2v) is 8.43. The third-order valence-electron chi connectivity index (χ3n) is 2.74. The van der Waals surface area contributed by atoms with Crippen molar-refractivity contribution in [3.63, 3.8) is 0 Å². The van der Waals surface area contributed by atoms with Crippen LogP contribution in [0.2, 0.25) is 0 Å². The summed E-state index contributed by atoms with van der Waals surface area (Å²) in [5, 5.41) is 5.04. The summed E-state index contributed by atoms with van der Waals surface area (Å²) < 4.78 is 28.4. The first-order valence-corrected chi connectivity index (χ1v) is 9.62. The second-order valence-electron chi connectivity index (χ2n) is 4.86. The summed E-state index contributed by atoms with van der Waals surface area (Å²) in [7, 11) is -3.57. The van der Waals surface area contributed by atoms with E-state index >= 15 is 0 Å². The Hall–Kier alpha value is -0.890. The molecule has 4 nitrogen and oxygen atoms in total. The number of rotatable bonds is 6. The average molecular weight is 389 g/mol. The van der Waals surface area contributed by atoms with Gasteiger partial charge in [0.15, 0.2) is 0 Å². The second kappa shape index (κ2) is 6.91. The average Bonchev–Trinajstić information content (AvgIpc) is 2.85. The van der Waals surface area contributed by atoms with E-state index in [1.54, 1.807) is 29.6 Å². The molecule has 0 saturated carbocycles. The summed E-state index contributed by atoms with van der Waals surface area (Å²) in [5.41, 5.74) is 0.540. The highest BCUT2D eigenvalue weighted by Crippen LogP contribution is 2.25. The summed E-state index contributed by atoms with van der Waals surface area (Å²) in [6.07, 6.45) is 0. The lowest BCUT2D eigenvalue weighted by Gasteiger charge is -2.11. The molecule has 114 valence electrons. The molecule has 0 aliphatic carbocycles. The molecule has 0 radical (unpaired) electrons. The van der Waals surface area contributed by atoms with E-state index < -0.39 is 10.0 Å². The minimum atomic E-state index is -3.57. The van der Waals surface area contributed by atoms with E-state index in [0.29, 0.717) is 23.2 Å². The van der Waals surface area contributed by atoms with Crippen LogP contribution in [-0.4, -0.2) is 14.5 Å². The summed E-state index contributed by atoms with van der Waals surface area (Å²) in [6, 6.07) is 9.04. The van der Waals surface area contributed by atoms with Gasteiger partial charge < -0.3 is 5.32 Å². The Bertz CT molecular complexity index is 711. The fraction of sp³-hybridized carbons (Fsp3) is 0.286. The SMILES string of the molecule is CC(C)NCc1sccc1S(=O)(=O)Nc1cccc(Br)c1. The first-order chi connectivity index (χ1) is 9.88. The number of thiophene rings is 1. The van der Waals surface area contributed by atoms with Crippen LogP contribution in [0.4, 0.5) is 5.69 Å². The van der Waals surface area contributed by atoms with Crippen molar-refractivity contribution in [1.82, 2.24) is 5.32 Å². The molecule has 1 aromatic carbocycles. The maximum atomic E-state index is 12.5. The number of nitrogens with one attached hydrogen (secondary N) is 2. The molecule has 0 atom stereocenters. The van der Waals surface area contributed by atoms with Crippen molar-refractivity contribution in [2.75, 3.05) is 4.72 Å². The fourth-order valence-electron chi connectivity index (χ4n) is 1.76. The molecule has 0 amide bonds. The van der Waals surface area contributed by atoms with Gasteiger partial charge in [-0.25, -0.2) is 8.42 Å². The lowest BCUT2D eigenvalue weighted by molar-refractivity contribution is 0.581. The minimum absolute atomic E-state index is 0.306. The van der Waals surface area contributed by atoms with Gasteiger partial charge in [-0.2, -0.15) is 0 Å². The predicted molar refractivity (Wildman–Crippen MR) is 91.2 cm³/mol. The number of sulfonamides is 1. The summed E-state index contributed by atoms with van der Waals surface area (Å²) in [5.74, 6) is 0. The van der Waals surface area contributed by atoms with Gasteiger partial charge in [-0.15, -0.1) is 11.3 Å². The molecule has 2 rings (SSSR count). The monoisotopic (exact) mass is 388 g/mol. The fourth-order valence-corrected chi connectivity index (χ4v) is 4.60. The van der Waals surface area contributed by atoms with Crippen molar-refractivity contribution >= 4 is 43.0 Å². The molecule has 1 aromatic heterocycles. The van der Waals surface area contributed by atoms with Crippen molar-refractivity contribution in [3.8, 4) is 0 Å². The van der Waals surface area contributed by atoms with Crippen LogP contribution in [0.5, 0.6) is 0 Å². The van der Waals surface area contributed by atoms with Crippen LogP contribution in [0, 0.1) is 0 Å². The molecule has 7 heteroatoms. The van der Waals surface area contributed by atoms with Crippen LogP contribution in [-0.2, 0) is 16.6 Å². The molecule has 0 spiro atoms. The largest absolute Gasteiger partial charge is 0.310 e. The molecule has 2 aromatic rings. The van der Waals surface area contributed by atoms with Crippen LogP contribution in [0.25, 0.3) is 0 Å². The maximum absolute atomic E-state index is 12.5. The van der Waals surface area contributed by atoms with E-state index in [0.717, 1.165) is 9.35 Å². The number of hydrogen-bond donors (Lipinski definition) is 2. The van der Waals surface area contributed by atoms with Gasteiger partial charge in [-0.3, -0.25) is 4.72 Å². The molecule has 0 aliphatic rings. The Balaban J connectivity index is 2.22. The highest BCUT2D eigenvalue weighted by Gasteiger charge is 2.20. The van der Waals surface area contributed by atoms with E-state index in [9.17, 15) is 8.42 Å². The molecule has 21 heavy (non-hydrogen) atoms. The topological polar surface area (TPSA) is 58.2 Å². The third kappa shape index (κ3) is 4.54. The van der Waals surface area contributed by atoms with Crippen molar-refractivity contribution < 1.29 is 8.42 Å². The smallest absolute Gasteiger partial charge is 0.263 e. The predicted octanol–water partition coefficient (Wildman–Crippen LogP) is 3.81. The molecular weight excluding hydrogens is 372 g/mol. The van der Waals surface area contributed by atoms with Gasteiger partial charge in [0.1, 0.15) is 4.90 Å². The molecule has 0 unspecified atom stereocenters. The van der Waals surface area contributed by atoms with Gasteiger partial charge in [0, 0.05) is 27.6 Å². The van der Waals surface area contributed by atoms with Crippen molar-refractivity contribution in [1.29, 1.82) is 0 Å². The quantitative estimate of drug-likeness (QED) is 0.790. The molecular formula is C14H17BrN2O2S2. The number of halogens is 1. The molecule has 0 fully saturated rings. The maximum Gasteiger partial charge on any atom is 0.263 e. The molecule has 0 aliphatic heterocycles. The van der Waals surface area contributed by atoms with E-state index in [1.165, 1.54) is 11.3 Å². The van der Waals surface area contributed by atoms with Gasteiger partial charge >= 0.3 is 0 Å². The number of anilines is 1. The zero-order valence-electron chi connectivity index (χ0n) is 11.8. The van der Waals surface area contributed by atoms with E-state index in [-0.39, 0.29) is 0 Å². The van der Waals surface area contributed by atoms with Crippen molar-refractivity contribution in [3.05, 3.63) is 45.1 Å². The Morgan fingerprint density at radius 2 is 2.05 bits per heavy atom. The highest BCUT2D eigenvalue weighted by atomic mass is 79.9. The summed E-state index contributed by atoms with van der Waals surface area (Å²) in [6.45, 7) is 4.60. The Morgan fingerprint density at radius 3 is 2.71 bits per heavy atom. The van der Waals surface area contributed by atoms with E-state index in [4.69, 9.17) is 0 Å². The minimum Gasteiger partial charge on any atom is -0.310 e. The Labute approximate surface area is 137 Å². The van der Waals surface area contributed by atoms with Gasteiger partial charge in [-0.1, -0.05) is 35.8 Å². The van der Waals surface area contributed by atoms with Crippen LogP contribution in [0.1, 0.15) is 18.7 Å². The van der Waals surface area contributed by atoms with Crippen LogP contribution in [0.3, 0.4) is 0 Å². The summed E-state index contributed by atoms with van der Waals surface area (Å²) in [4.78, 5) is 1.15. The lowest BCUT2D eigenvalue weighted by atomic mass is 10.3. The standard InChI is InChI=1S/C14H17BrN2O2S2/c1-10(2)16-9-13-14(6-7-20-13)21(18,19)17-12-5-3-4-11(15)8-12/h3-8,10,16-17H,9H2,1-2H3. The molecule has 0 bridgehead atoms. The number of hydrogen-bond acceptors (Lipinski definition) is 4. The molecule has 2 N–H and O–H groups in total. The van der Waals surface area contributed by atoms with Gasteiger partial charge in [-0.05, 0) is 29.6 Å². The van der Waals surface area contributed by atoms with Crippen molar-refractivity contribution in [2.24, 2.45) is 0 Å².